The molecule has 2 aromatic carbocycles. The number of fused-ring (bicyclic) bond motifs is 3. The van der Waals surface area contributed by atoms with Gasteiger partial charge in [0.25, 0.3) is 0 Å². The predicted octanol–water partition coefficient (Wildman–Crippen LogP) is 4.04. The van der Waals surface area contributed by atoms with E-state index in [9.17, 15) is 24.3 Å². The topological polar surface area (TPSA) is 162 Å². The Labute approximate surface area is 281 Å². The second-order valence-electron chi connectivity index (χ2n) is 12.9. The Morgan fingerprint density at radius 2 is 1.69 bits per heavy atom. The fraction of sp³-hybridized carbons (Fsp3) is 0.556. The molecule has 3 atom stereocenters. The number of amides is 2. The first-order chi connectivity index (χ1) is 23.0. The summed E-state index contributed by atoms with van der Waals surface area (Å²) in [5.41, 5.74) is 2.85. The summed E-state index contributed by atoms with van der Waals surface area (Å²) < 4.78 is 22.7. The Bertz CT molecular complexity index is 1540. The molecule has 0 aliphatic heterocycles. The standard InChI is InChI=1S/C36H49N3O9/c1-20(2)17-28(36(44)48-23-9-7-8-10-23)39-35(43)29(41)15-16-37-27-14-12-24-25(19-30(27)42)26(38-21(3)40)13-11-22-18-31(45-4)33(46-5)34(47-6)32(22)24/h12,14,18-20,23,26,28-29,41H,7-11,13,15-17H2,1-6H3,(H,37,42)(H,38,40)(H,39,43)/t26-,28-,29?/m0/s1. The summed E-state index contributed by atoms with van der Waals surface area (Å²) in [6.07, 6.45) is 3.59. The van der Waals surface area contributed by atoms with E-state index in [0.717, 1.165) is 36.8 Å². The molecule has 0 spiro atoms. The molecule has 0 heterocycles. The van der Waals surface area contributed by atoms with Crippen molar-refractivity contribution in [3.05, 3.63) is 45.6 Å². The van der Waals surface area contributed by atoms with Crippen molar-refractivity contribution >= 4 is 23.5 Å². The number of hydrogen-bond acceptors (Lipinski definition) is 10. The SMILES string of the molecule is COc1cc2c(c(OC)c1OC)-c1ccc(NCCC(O)C(=O)N[C@@H](CC(C)C)C(=O)OC3CCCC3)c(=O)cc1[C@@H](NC(C)=O)CC2. The Morgan fingerprint density at radius 1 is 0.979 bits per heavy atom. The summed E-state index contributed by atoms with van der Waals surface area (Å²) in [4.78, 5) is 51.5. The number of benzene rings is 1. The molecule has 4 rings (SSSR count). The first kappa shape index (κ1) is 36.5. The highest BCUT2D eigenvalue weighted by molar-refractivity contribution is 5.87. The van der Waals surface area contributed by atoms with Gasteiger partial charge < -0.3 is 40.0 Å². The van der Waals surface area contributed by atoms with Gasteiger partial charge in [-0.25, -0.2) is 4.79 Å². The van der Waals surface area contributed by atoms with Gasteiger partial charge in [0, 0.05) is 19.0 Å². The normalized spacial score (nSPS) is 16.9. The van der Waals surface area contributed by atoms with Gasteiger partial charge in [0.1, 0.15) is 18.2 Å². The van der Waals surface area contributed by atoms with Crippen LogP contribution in [0, 0.1) is 5.92 Å². The number of anilines is 1. The number of ether oxygens (including phenoxy) is 4. The summed E-state index contributed by atoms with van der Waals surface area (Å²) in [5, 5.41) is 19.4. The molecule has 2 amide bonds. The van der Waals surface area contributed by atoms with Gasteiger partial charge in [-0.05, 0) is 92.2 Å². The zero-order valence-electron chi connectivity index (χ0n) is 28.8. The zero-order chi connectivity index (χ0) is 35.0. The van der Waals surface area contributed by atoms with Crippen molar-refractivity contribution in [3.8, 4) is 28.4 Å². The van der Waals surface area contributed by atoms with Crippen molar-refractivity contribution in [1.82, 2.24) is 10.6 Å². The number of esters is 1. The summed E-state index contributed by atoms with van der Waals surface area (Å²) in [6, 6.07) is 5.51. The van der Waals surface area contributed by atoms with E-state index in [2.05, 4.69) is 16.0 Å². The number of hydrogen-bond donors (Lipinski definition) is 4. The van der Waals surface area contributed by atoms with Gasteiger partial charge >= 0.3 is 5.97 Å². The highest BCUT2D eigenvalue weighted by Crippen LogP contribution is 2.50. The van der Waals surface area contributed by atoms with Crippen LogP contribution in [0.3, 0.4) is 0 Å². The molecule has 12 nitrogen and oxygen atoms in total. The van der Waals surface area contributed by atoms with Crippen LogP contribution in [0.4, 0.5) is 5.69 Å². The maximum atomic E-state index is 13.6. The second kappa shape index (κ2) is 16.7. The quantitative estimate of drug-likeness (QED) is 0.217. The molecule has 2 aliphatic rings. The molecule has 2 aromatic rings. The molecule has 4 N–H and O–H groups in total. The van der Waals surface area contributed by atoms with Crippen molar-refractivity contribution in [2.75, 3.05) is 33.2 Å². The van der Waals surface area contributed by atoms with Crippen LogP contribution >= 0.6 is 0 Å². The van der Waals surface area contributed by atoms with E-state index in [1.54, 1.807) is 19.2 Å². The van der Waals surface area contributed by atoms with Crippen molar-refractivity contribution < 1.29 is 38.4 Å². The smallest absolute Gasteiger partial charge is 0.328 e. The largest absolute Gasteiger partial charge is 0.493 e. The highest BCUT2D eigenvalue weighted by Gasteiger charge is 2.31. The van der Waals surface area contributed by atoms with E-state index in [0.29, 0.717) is 47.6 Å². The van der Waals surface area contributed by atoms with Gasteiger partial charge in [0.15, 0.2) is 11.5 Å². The summed E-state index contributed by atoms with van der Waals surface area (Å²) >= 11 is 0. The van der Waals surface area contributed by atoms with Crippen LogP contribution in [0.25, 0.3) is 11.1 Å². The molecule has 0 aromatic heterocycles. The first-order valence-electron chi connectivity index (χ1n) is 16.7. The summed E-state index contributed by atoms with van der Waals surface area (Å²) in [7, 11) is 4.61. The number of nitrogens with one attached hydrogen (secondary N) is 3. The van der Waals surface area contributed by atoms with Crippen molar-refractivity contribution in [1.29, 1.82) is 0 Å². The van der Waals surface area contributed by atoms with Crippen molar-refractivity contribution in [2.24, 2.45) is 5.92 Å². The maximum absolute atomic E-state index is 13.6. The Balaban J connectivity index is 1.55. The lowest BCUT2D eigenvalue weighted by Gasteiger charge is -2.23. The van der Waals surface area contributed by atoms with E-state index in [1.807, 2.05) is 19.9 Å². The average Bonchev–Trinajstić information content (AvgIpc) is 3.45. The first-order valence-corrected chi connectivity index (χ1v) is 16.7. The molecule has 262 valence electrons. The van der Waals surface area contributed by atoms with Crippen LogP contribution in [0.1, 0.15) is 82.9 Å². The predicted molar refractivity (Wildman–Crippen MR) is 182 cm³/mol. The molecule has 0 saturated heterocycles. The van der Waals surface area contributed by atoms with Crippen LogP contribution in [0.2, 0.25) is 0 Å². The molecule has 12 heteroatoms. The minimum atomic E-state index is -1.42. The van der Waals surface area contributed by atoms with Crippen LogP contribution in [-0.2, 0) is 25.5 Å². The van der Waals surface area contributed by atoms with Crippen LogP contribution in [0.15, 0.2) is 29.1 Å². The van der Waals surface area contributed by atoms with Crippen LogP contribution in [0.5, 0.6) is 17.2 Å². The van der Waals surface area contributed by atoms with E-state index >= 15 is 0 Å². The lowest BCUT2D eigenvalue weighted by Crippen LogP contribution is -2.47. The lowest BCUT2D eigenvalue weighted by atomic mass is 9.95. The van der Waals surface area contributed by atoms with Crippen molar-refractivity contribution in [2.45, 2.75) is 96.4 Å². The Morgan fingerprint density at radius 3 is 2.31 bits per heavy atom. The van der Waals surface area contributed by atoms with Gasteiger partial charge in [-0.15, -0.1) is 0 Å². The average molecular weight is 668 g/mol. The number of carbonyl (C=O) groups excluding carboxylic acids is 3. The molecular weight excluding hydrogens is 618 g/mol. The molecule has 0 bridgehead atoms. The van der Waals surface area contributed by atoms with Gasteiger partial charge in [0.05, 0.1) is 33.1 Å². The molecular formula is C36H49N3O9. The molecule has 48 heavy (non-hydrogen) atoms. The van der Waals surface area contributed by atoms with E-state index in [-0.39, 0.29) is 42.0 Å². The van der Waals surface area contributed by atoms with Crippen molar-refractivity contribution in [3.63, 3.8) is 0 Å². The van der Waals surface area contributed by atoms with E-state index in [1.165, 1.54) is 27.2 Å². The zero-order valence-corrected chi connectivity index (χ0v) is 28.8. The van der Waals surface area contributed by atoms with Gasteiger partial charge in [-0.2, -0.15) is 0 Å². The second-order valence-corrected chi connectivity index (χ2v) is 12.9. The number of carbonyl (C=O) groups is 3. The number of rotatable bonds is 14. The fourth-order valence-corrected chi connectivity index (χ4v) is 6.53. The van der Waals surface area contributed by atoms with E-state index < -0.39 is 30.1 Å². The Kier molecular flexibility index (Phi) is 12.7. The maximum Gasteiger partial charge on any atom is 0.328 e. The van der Waals surface area contributed by atoms with Crippen LogP contribution in [-0.4, -0.2) is 69.0 Å². The number of methoxy groups -OCH3 is 3. The highest BCUT2D eigenvalue weighted by atomic mass is 16.5. The number of aliphatic hydroxyl groups excluding tert-OH is 1. The molecule has 2 aliphatic carbocycles. The lowest BCUT2D eigenvalue weighted by molar-refractivity contribution is -0.154. The fourth-order valence-electron chi connectivity index (χ4n) is 6.53. The minimum absolute atomic E-state index is 0.0160. The molecule has 1 unspecified atom stereocenters. The Hall–Kier alpha value is -4.32. The third-order valence-electron chi connectivity index (χ3n) is 8.85. The summed E-state index contributed by atoms with van der Waals surface area (Å²) in [5.74, 6) is 0.0920. The monoisotopic (exact) mass is 667 g/mol. The molecule has 0 radical (unpaired) electrons. The summed E-state index contributed by atoms with van der Waals surface area (Å²) in [6.45, 7) is 5.43. The third kappa shape index (κ3) is 8.77. The molecule has 1 fully saturated rings. The van der Waals surface area contributed by atoms with Gasteiger partial charge in [-0.1, -0.05) is 19.9 Å². The number of aliphatic hydroxyl groups is 1. The van der Waals surface area contributed by atoms with Crippen LogP contribution < -0.4 is 35.6 Å². The molecule has 1 saturated carbocycles. The van der Waals surface area contributed by atoms with E-state index in [4.69, 9.17) is 18.9 Å². The minimum Gasteiger partial charge on any atom is -0.493 e. The van der Waals surface area contributed by atoms with Gasteiger partial charge in [-0.3, -0.25) is 14.4 Å². The number of aryl methyl sites for hydroxylation is 1. The third-order valence-corrected chi connectivity index (χ3v) is 8.85. The van der Waals surface area contributed by atoms with Gasteiger partial charge in [0.2, 0.25) is 23.0 Å².